The zero-order valence-electron chi connectivity index (χ0n) is 12.7. The molecular formula is C15H18ClN3O3. The highest BCUT2D eigenvalue weighted by atomic mass is 35.5. The number of rotatable bonds is 5. The van der Waals surface area contributed by atoms with E-state index in [1.54, 1.807) is 36.0 Å². The molecule has 1 heterocycles. The molecule has 0 saturated heterocycles. The average molecular weight is 324 g/mol. The highest BCUT2D eigenvalue weighted by Crippen LogP contribution is 2.28. The zero-order valence-corrected chi connectivity index (χ0v) is 13.4. The van der Waals surface area contributed by atoms with Crippen molar-refractivity contribution in [2.75, 3.05) is 7.11 Å². The molecule has 7 heteroatoms. The van der Waals surface area contributed by atoms with E-state index in [2.05, 4.69) is 9.84 Å². The molecule has 0 radical (unpaired) electrons. The first-order valence-corrected chi connectivity index (χ1v) is 7.09. The molecule has 2 N–H and O–H groups in total. The minimum atomic E-state index is -0.763. The van der Waals surface area contributed by atoms with Crippen LogP contribution in [0.3, 0.4) is 0 Å². The van der Waals surface area contributed by atoms with Gasteiger partial charge in [0.05, 0.1) is 12.8 Å². The number of hydrogen-bond donors (Lipinski definition) is 1. The number of nitrogens with two attached hydrogens (primary N) is 1. The fourth-order valence-electron chi connectivity index (χ4n) is 2.11. The Balaban J connectivity index is 2.27. The Hall–Kier alpha value is -2.05. The Bertz CT molecular complexity index is 667. The third-order valence-electron chi connectivity index (χ3n) is 3.24. The minimum Gasteiger partial charge on any atom is -0.468 e. The molecule has 1 aromatic carbocycles. The van der Waals surface area contributed by atoms with Crippen LogP contribution in [0, 0.1) is 6.92 Å². The number of carbonyl (C=O) groups excluding carboxylic acids is 1. The van der Waals surface area contributed by atoms with Crippen LogP contribution in [0.4, 0.5) is 0 Å². The predicted molar refractivity (Wildman–Crippen MR) is 83.2 cm³/mol. The van der Waals surface area contributed by atoms with Crippen LogP contribution < -0.4 is 10.5 Å². The quantitative estimate of drug-likeness (QED) is 0.853. The van der Waals surface area contributed by atoms with Crippen molar-refractivity contribution in [3.63, 3.8) is 0 Å². The Labute approximate surface area is 133 Å². The van der Waals surface area contributed by atoms with Gasteiger partial charge in [-0.15, -0.1) is 0 Å². The number of benzene rings is 1. The van der Waals surface area contributed by atoms with Crippen LogP contribution in [0.5, 0.6) is 11.6 Å². The molecule has 0 spiro atoms. The molecule has 6 nitrogen and oxygen atoms in total. The van der Waals surface area contributed by atoms with Gasteiger partial charge in [0.1, 0.15) is 11.8 Å². The van der Waals surface area contributed by atoms with Crippen molar-refractivity contribution in [1.29, 1.82) is 0 Å². The Kier molecular flexibility index (Phi) is 5.05. The van der Waals surface area contributed by atoms with E-state index >= 15 is 0 Å². The summed E-state index contributed by atoms with van der Waals surface area (Å²) in [4.78, 5) is 11.5. The Morgan fingerprint density at radius 1 is 1.41 bits per heavy atom. The van der Waals surface area contributed by atoms with Crippen LogP contribution in [-0.2, 0) is 23.0 Å². The summed E-state index contributed by atoms with van der Waals surface area (Å²) in [7, 11) is 3.08. The van der Waals surface area contributed by atoms with Crippen LogP contribution in [0.2, 0.25) is 5.02 Å². The predicted octanol–water partition coefficient (Wildman–Crippen LogP) is 2.22. The van der Waals surface area contributed by atoms with E-state index in [0.717, 1.165) is 11.3 Å². The van der Waals surface area contributed by atoms with Gasteiger partial charge in [0.2, 0.25) is 5.88 Å². The van der Waals surface area contributed by atoms with Gasteiger partial charge in [-0.2, -0.15) is 5.10 Å². The minimum absolute atomic E-state index is 0.287. The van der Waals surface area contributed by atoms with E-state index in [4.69, 9.17) is 22.1 Å². The lowest BCUT2D eigenvalue weighted by Gasteiger charge is -2.12. The van der Waals surface area contributed by atoms with Crippen LogP contribution in [0.1, 0.15) is 11.3 Å². The van der Waals surface area contributed by atoms with Crippen molar-refractivity contribution in [3.8, 4) is 11.6 Å². The molecule has 0 aliphatic heterocycles. The molecule has 118 valence electrons. The molecule has 1 unspecified atom stereocenters. The van der Waals surface area contributed by atoms with Crippen molar-refractivity contribution < 1.29 is 14.3 Å². The van der Waals surface area contributed by atoms with E-state index in [1.165, 1.54) is 7.11 Å². The van der Waals surface area contributed by atoms with Crippen molar-refractivity contribution in [3.05, 3.63) is 40.5 Å². The summed E-state index contributed by atoms with van der Waals surface area (Å²) in [5, 5.41) is 4.95. The van der Waals surface area contributed by atoms with Gasteiger partial charge in [-0.1, -0.05) is 11.6 Å². The maximum atomic E-state index is 11.5. The summed E-state index contributed by atoms with van der Waals surface area (Å²) >= 11 is 5.86. The van der Waals surface area contributed by atoms with Crippen LogP contribution in [0.15, 0.2) is 24.3 Å². The molecule has 0 fully saturated rings. The molecule has 0 saturated carbocycles. The number of ether oxygens (including phenoxy) is 2. The lowest BCUT2D eigenvalue weighted by Crippen LogP contribution is -2.33. The van der Waals surface area contributed by atoms with E-state index in [1.807, 2.05) is 6.92 Å². The summed E-state index contributed by atoms with van der Waals surface area (Å²) in [6.45, 7) is 1.84. The first kappa shape index (κ1) is 16.3. The van der Waals surface area contributed by atoms with Crippen LogP contribution in [-0.4, -0.2) is 28.9 Å². The number of aryl methyl sites for hydroxylation is 2. The van der Waals surface area contributed by atoms with Gasteiger partial charge in [0.25, 0.3) is 0 Å². The van der Waals surface area contributed by atoms with E-state index in [9.17, 15) is 4.79 Å². The Morgan fingerprint density at radius 3 is 2.64 bits per heavy atom. The van der Waals surface area contributed by atoms with Crippen LogP contribution in [0.25, 0.3) is 0 Å². The number of methoxy groups -OCH3 is 1. The van der Waals surface area contributed by atoms with E-state index in [0.29, 0.717) is 16.7 Å². The lowest BCUT2D eigenvalue weighted by atomic mass is 10.1. The average Bonchev–Trinajstić information content (AvgIpc) is 2.75. The second-order valence-electron chi connectivity index (χ2n) is 4.88. The topological polar surface area (TPSA) is 79.4 Å². The summed E-state index contributed by atoms with van der Waals surface area (Å²) in [5.74, 6) is 0.695. The molecule has 2 aromatic rings. The second-order valence-corrected chi connectivity index (χ2v) is 5.32. The first-order chi connectivity index (χ1) is 10.4. The van der Waals surface area contributed by atoms with Gasteiger partial charge in [0, 0.05) is 24.1 Å². The summed E-state index contributed by atoms with van der Waals surface area (Å²) in [6.07, 6.45) is 0.287. The SMILES string of the molecule is COC(=O)C(N)Cc1c(C)nn(C)c1Oc1ccc(Cl)cc1. The van der Waals surface area contributed by atoms with Crippen LogP contribution >= 0.6 is 11.6 Å². The van der Waals surface area contributed by atoms with Gasteiger partial charge in [0.15, 0.2) is 0 Å². The molecule has 1 aromatic heterocycles. The Morgan fingerprint density at radius 2 is 2.05 bits per heavy atom. The number of aromatic nitrogens is 2. The number of halogens is 1. The number of esters is 1. The third kappa shape index (κ3) is 3.58. The fourth-order valence-corrected chi connectivity index (χ4v) is 2.24. The first-order valence-electron chi connectivity index (χ1n) is 6.71. The summed E-state index contributed by atoms with van der Waals surface area (Å²) in [5.41, 5.74) is 7.36. The van der Waals surface area contributed by atoms with Crippen molar-refractivity contribution in [1.82, 2.24) is 9.78 Å². The number of nitrogens with zero attached hydrogens (tertiary/aromatic N) is 2. The van der Waals surface area contributed by atoms with E-state index in [-0.39, 0.29) is 6.42 Å². The third-order valence-corrected chi connectivity index (χ3v) is 3.50. The van der Waals surface area contributed by atoms with Gasteiger partial charge in [-0.25, -0.2) is 4.68 Å². The molecule has 2 rings (SSSR count). The molecule has 22 heavy (non-hydrogen) atoms. The maximum absolute atomic E-state index is 11.5. The second kappa shape index (κ2) is 6.81. The smallest absolute Gasteiger partial charge is 0.322 e. The summed E-state index contributed by atoms with van der Waals surface area (Å²) < 4.78 is 12.1. The monoisotopic (exact) mass is 323 g/mol. The normalized spacial score (nSPS) is 12.0. The number of carbonyl (C=O) groups is 1. The molecule has 0 aliphatic carbocycles. The van der Waals surface area contributed by atoms with E-state index < -0.39 is 12.0 Å². The fraction of sp³-hybridized carbons (Fsp3) is 0.333. The van der Waals surface area contributed by atoms with Crippen molar-refractivity contribution in [2.24, 2.45) is 12.8 Å². The highest BCUT2D eigenvalue weighted by Gasteiger charge is 2.22. The van der Waals surface area contributed by atoms with Crippen molar-refractivity contribution >= 4 is 17.6 Å². The van der Waals surface area contributed by atoms with Gasteiger partial charge in [-0.05, 0) is 31.2 Å². The van der Waals surface area contributed by atoms with Gasteiger partial charge >= 0.3 is 5.97 Å². The van der Waals surface area contributed by atoms with Gasteiger partial charge < -0.3 is 15.2 Å². The molecule has 1 atom stereocenters. The van der Waals surface area contributed by atoms with Gasteiger partial charge in [-0.3, -0.25) is 4.79 Å². The maximum Gasteiger partial charge on any atom is 0.322 e. The molecule has 0 aliphatic rings. The molecular weight excluding hydrogens is 306 g/mol. The standard InChI is InChI=1S/C15H18ClN3O3/c1-9-12(8-13(17)15(20)21-3)14(19(2)18-9)22-11-6-4-10(16)5-7-11/h4-7,13H,8,17H2,1-3H3. The zero-order chi connectivity index (χ0) is 16.3. The van der Waals surface area contributed by atoms with Crippen molar-refractivity contribution in [2.45, 2.75) is 19.4 Å². The lowest BCUT2D eigenvalue weighted by molar-refractivity contribution is -0.142. The highest BCUT2D eigenvalue weighted by molar-refractivity contribution is 6.30. The number of hydrogen-bond acceptors (Lipinski definition) is 5. The summed E-state index contributed by atoms with van der Waals surface area (Å²) in [6, 6.07) is 6.23. The molecule has 0 amide bonds. The molecule has 0 bridgehead atoms. The largest absolute Gasteiger partial charge is 0.468 e.